The maximum atomic E-state index is 12.1. The molecule has 0 radical (unpaired) electrons. The predicted molar refractivity (Wildman–Crippen MR) is 86.0 cm³/mol. The average Bonchev–Trinajstić information content (AvgIpc) is 2.48. The molecule has 0 bridgehead atoms. The summed E-state index contributed by atoms with van der Waals surface area (Å²) in [7, 11) is 0. The van der Waals surface area contributed by atoms with E-state index in [0.29, 0.717) is 5.02 Å². The Morgan fingerprint density at radius 1 is 1.10 bits per heavy atom. The zero-order valence-corrected chi connectivity index (χ0v) is 12.7. The second kappa shape index (κ2) is 7.25. The third-order valence-corrected chi connectivity index (χ3v) is 3.63. The molecular weight excluding hydrogens is 284 g/mol. The minimum Gasteiger partial charge on any atom is -0.350 e. The van der Waals surface area contributed by atoms with Gasteiger partial charge in [0.25, 0.3) is 0 Å². The van der Waals surface area contributed by atoms with Crippen LogP contribution >= 0.6 is 11.6 Å². The molecule has 0 aliphatic rings. The van der Waals surface area contributed by atoms with E-state index in [4.69, 9.17) is 17.3 Å². The van der Waals surface area contributed by atoms with Crippen LogP contribution in [0.1, 0.15) is 36.6 Å². The zero-order valence-electron chi connectivity index (χ0n) is 11.9. The Hall–Kier alpha value is -1.84. The molecule has 21 heavy (non-hydrogen) atoms. The summed E-state index contributed by atoms with van der Waals surface area (Å²) in [4.78, 5) is 12.1. The molecule has 2 aromatic carbocycles. The van der Waals surface area contributed by atoms with Gasteiger partial charge in [0.05, 0.1) is 6.04 Å². The molecule has 1 amide bonds. The Bertz CT molecular complexity index is 583. The highest BCUT2D eigenvalue weighted by molar-refractivity contribution is 6.30. The van der Waals surface area contributed by atoms with Gasteiger partial charge in [0.15, 0.2) is 0 Å². The SMILES string of the molecule is C[C@@H](NC(=O)C[C@H](N)c1ccc(Cl)cc1)c1ccccc1. The molecule has 0 unspecified atom stereocenters. The van der Waals surface area contributed by atoms with Crippen LogP contribution in [0, 0.1) is 0 Å². The third-order valence-electron chi connectivity index (χ3n) is 3.38. The van der Waals surface area contributed by atoms with Gasteiger partial charge in [0, 0.05) is 17.5 Å². The number of amides is 1. The van der Waals surface area contributed by atoms with Gasteiger partial charge in [-0.25, -0.2) is 0 Å². The van der Waals surface area contributed by atoms with E-state index in [1.165, 1.54) is 0 Å². The smallest absolute Gasteiger partial charge is 0.222 e. The molecule has 2 aromatic rings. The van der Waals surface area contributed by atoms with E-state index in [2.05, 4.69) is 5.32 Å². The Balaban J connectivity index is 1.91. The highest BCUT2D eigenvalue weighted by Gasteiger charge is 2.14. The van der Waals surface area contributed by atoms with E-state index < -0.39 is 0 Å². The van der Waals surface area contributed by atoms with E-state index in [1.54, 1.807) is 12.1 Å². The zero-order chi connectivity index (χ0) is 15.2. The average molecular weight is 303 g/mol. The maximum absolute atomic E-state index is 12.1. The van der Waals surface area contributed by atoms with Crippen LogP contribution in [-0.2, 0) is 4.79 Å². The summed E-state index contributed by atoms with van der Waals surface area (Å²) in [5.41, 5.74) is 8.04. The molecule has 0 spiro atoms. The number of benzene rings is 2. The van der Waals surface area contributed by atoms with Crippen LogP contribution in [0.4, 0.5) is 0 Å². The summed E-state index contributed by atoms with van der Waals surface area (Å²) in [6, 6.07) is 16.7. The lowest BCUT2D eigenvalue weighted by Crippen LogP contribution is -2.29. The molecule has 0 saturated heterocycles. The van der Waals surface area contributed by atoms with Crippen LogP contribution in [0.3, 0.4) is 0 Å². The monoisotopic (exact) mass is 302 g/mol. The van der Waals surface area contributed by atoms with Crippen LogP contribution in [0.15, 0.2) is 54.6 Å². The highest BCUT2D eigenvalue weighted by atomic mass is 35.5. The molecule has 0 aliphatic heterocycles. The maximum Gasteiger partial charge on any atom is 0.222 e. The van der Waals surface area contributed by atoms with Crippen molar-refractivity contribution >= 4 is 17.5 Å². The van der Waals surface area contributed by atoms with Gasteiger partial charge < -0.3 is 11.1 Å². The fourth-order valence-corrected chi connectivity index (χ4v) is 2.28. The summed E-state index contributed by atoms with van der Waals surface area (Å²) >= 11 is 5.84. The molecule has 0 fully saturated rings. The van der Waals surface area contributed by atoms with Crippen LogP contribution in [0.2, 0.25) is 5.02 Å². The van der Waals surface area contributed by atoms with Crippen molar-refractivity contribution in [1.82, 2.24) is 5.32 Å². The number of rotatable bonds is 5. The van der Waals surface area contributed by atoms with Crippen molar-refractivity contribution in [2.24, 2.45) is 5.73 Å². The lowest BCUT2D eigenvalue weighted by Gasteiger charge is -2.17. The number of nitrogens with two attached hydrogens (primary N) is 1. The van der Waals surface area contributed by atoms with Crippen molar-refractivity contribution in [1.29, 1.82) is 0 Å². The number of carbonyl (C=O) groups excluding carboxylic acids is 1. The Morgan fingerprint density at radius 3 is 2.33 bits per heavy atom. The summed E-state index contributed by atoms with van der Waals surface area (Å²) in [5, 5.41) is 3.62. The first kappa shape index (κ1) is 15.5. The van der Waals surface area contributed by atoms with E-state index in [0.717, 1.165) is 11.1 Å². The molecule has 3 N–H and O–H groups in total. The number of halogens is 1. The highest BCUT2D eigenvalue weighted by Crippen LogP contribution is 2.18. The van der Waals surface area contributed by atoms with Gasteiger partial charge in [-0.1, -0.05) is 54.1 Å². The van der Waals surface area contributed by atoms with Gasteiger partial charge in [-0.05, 0) is 30.2 Å². The van der Waals surface area contributed by atoms with E-state index in [9.17, 15) is 4.79 Å². The van der Waals surface area contributed by atoms with Crippen molar-refractivity contribution in [2.75, 3.05) is 0 Å². The van der Waals surface area contributed by atoms with Crippen LogP contribution in [0.5, 0.6) is 0 Å². The number of nitrogens with one attached hydrogen (secondary N) is 1. The number of hydrogen-bond donors (Lipinski definition) is 2. The molecule has 4 heteroatoms. The van der Waals surface area contributed by atoms with Crippen molar-refractivity contribution < 1.29 is 4.79 Å². The molecule has 0 aliphatic carbocycles. The predicted octanol–water partition coefficient (Wildman–Crippen LogP) is 3.61. The van der Waals surface area contributed by atoms with Crippen LogP contribution in [0.25, 0.3) is 0 Å². The van der Waals surface area contributed by atoms with Crippen molar-refractivity contribution in [3.63, 3.8) is 0 Å². The van der Waals surface area contributed by atoms with Gasteiger partial charge in [-0.3, -0.25) is 4.79 Å². The topological polar surface area (TPSA) is 55.1 Å². The molecule has 0 heterocycles. The van der Waals surface area contributed by atoms with E-state index >= 15 is 0 Å². The number of hydrogen-bond acceptors (Lipinski definition) is 2. The summed E-state index contributed by atoms with van der Waals surface area (Å²) < 4.78 is 0. The quantitative estimate of drug-likeness (QED) is 0.886. The minimum absolute atomic E-state index is 0.0314. The molecule has 0 saturated carbocycles. The minimum atomic E-state index is -0.328. The molecule has 0 aromatic heterocycles. The first-order valence-electron chi connectivity index (χ1n) is 6.91. The fraction of sp³-hybridized carbons (Fsp3) is 0.235. The Kier molecular flexibility index (Phi) is 5.37. The van der Waals surface area contributed by atoms with Crippen LogP contribution < -0.4 is 11.1 Å². The van der Waals surface area contributed by atoms with Gasteiger partial charge in [-0.15, -0.1) is 0 Å². The molecule has 110 valence electrons. The van der Waals surface area contributed by atoms with Crippen molar-refractivity contribution in [3.8, 4) is 0 Å². The summed E-state index contributed by atoms with van der Waals surface area (Å²) in [6.45, 7) is 1.96. The molecular formula is C17H19ClN2O. The molecule has 2 atom stereocenters. The van der Waals surface area contributed by atoms with Gasteiger partial charge >= 0.3 is 0 Å². The lowest BCUT2D eigenvalue weighted by atomic mass is 10.0. The van der Waals surface area contributed by atoms with Gasteiger partial charge in [0.1, 0.15) is 0 Å². The van der Waals surface area contributed by atoms with Gasteiger partial charge in [-0.2, -0.15) is 0 Å². The summed E-state index contributed by atoms with van der Waals surface area (Å²) in [6.07, 6.45) is 0.249. The fourth-order valence-electron chi connectivity index (χ4n) is 2.15. The van der Waals surface area contributed by atoms with Crippen molar-refractivity contribution in [2.45, 2.75) is 25.4 Å². The second-order valence-electron chi connectivity index (χ2n) is 5.06. The van der Waals surface area contributed by atoms with Crippen molar-refractivity contribution in [3.05, 3.63) is 70.7 Å². The molecule has 3 nitrogen and oxygen atoms in total. The van der Waals surface area contributed by atoms with Gasteiger partial charge in [0.2, 0.25) is 5.91 Å². The lowest BCUT2D eigenvalue weighted by molar-refractivity contribution is -0.122. The van der Waals surface area contributed by atoms with Crippen LogP contribution in [-0.4, -0.2) is 5.91 Å². The number of carbonyl (C=O) groups is 1. The van der Waals surface area contributed by atoms with E-state index in [-0.39, 0.29) is 24.4 Å². The second-order valence-corrected chi connectivity index (χ2v) is 5.50. The standard InChI is InChI=1S/C17H19ClN2O/c1-12(13-5-3-2-4-6-13)20-17(21)11-16(19)14-7-9-15(18)10-8-14/h2-10,12,16H,11,19H2,1H3,(H,20,21)/t12-,16+/m1/s1. The normalized spacial score (nSPS) is 13.5. The summed E-state index contributed by atoms with van der Waals surface area (Å²) in [5.74, 6) is -0.0613. The first-order valence-corrected chi connectivity index (χ1v) is 7.29. The Labute approximate surface area is 130 Å². The first-order chi connectivity index (χ1) is 10.1. The van der Waals surface area contributed by atoms with E-state index in [1.807, 2.05) is 49.4 Å². The Morgan fingerprint density at radius 2 is 1.71 bits per heavy atom. The third kappa shape index (κ3) is 4.59. The molecule has 2 rings (SSSR count). The largest absolute Gasteiger partial charge is 0.350 e.